The molecule has 0 spiro atoms. The molecule has 102 heavy (non-hydrogen) atoms. The van der Waals surface area contributed by atoms with Crippen molar-refractivity contribution in [1.29, 1.82) is 5.41 Å². The van der Waals surface area contributed by atoms with Gasteiger partial charge in [-0.2, -0.15) is 0 Å². The van der Waals surface area contributed by atoms with Crippen LogP contribution in [0.15, 0.2) is 105 Å². The molecule has 3 fully saturated rings. The molecule has 20 N–H and O–H groups in total. The molecule has 9 unspecified atom stereocenters. The van der Waals surface area contributed by atoms with E-state index in [0.717, 1.165) is 0 Å². The van der Waals surface area contributed by atoms with Crippen molar-refractivity contribution in [3.63, 3.8) is 0 Å². The minimum atomic E-state index is -2.01. The topological polar surface area (TPSA) is 498 Å². The SMILES string of the molecule is CN[C@H](CC(C)C)C(=O)N[C@H]1C(=O)NC(CC(N)=O)C(=O)N[C@H]2C(=N)N[C@H]3C(=O)N[C@H](C(=O)N[C@H](CO)C4=CC(OC)CC(OC)=C4C4CC3=CC=C4O)[C@H](O)C3=CC=C(Oc4cc2cc(c4O[C@H]2OC(CO)C(O)[C@H](O)C2O[C@H]2CC(C)(N)[C@H](O)C(C)O2)OC2=C(Cl)C=C(CC2)[C@H]1O)C(Cl)C3. The van der Waals surface area contributed by atoms with Crippen LogP contribution in [0.2, 0.25) is 0 Å². The molecule has 7 aliphatic heterocycles. The van der Waals surface area contributed by atoms with Crippen LogP contribution >= 0.6 is 23.2 Å². The van der Waals surface area contributed by atoms with Crippen molar-refractivity contribution in [1.82, 2.24) is 37.2 Å². The smallest absolute Gasteiger partial charge is 0.247 e. The van der Waals surface area contributed by atoms with E-state index in [1.54, 1.807) is 13.0 Å². The Kier molecular flexibility index (Phi) is 24.4. The third kappa shape index (κ3) is 16.5. The predicted octanol–water partition coefficient (Wildman–Crippen LogP) is -1.22. The van der Waals surface area contributed by atoms with Crippen LogP contribution in [0.3, 0.4) is 0 Å². The summed E-state index contributed by atoms with van der Waals surface area (Å²) < 4.78 is 50.8. The van der Waals surface area contributed by atoms with Gasteiger partial charge in [0.25, 0.3) is 0 Å². The molecule has 11 bridgehead atoms. The molecule has 1 aromatic rings. The molecular weight excluding hydrogens is 1380 g/mol. The van der Waals surface area contributed by atoms with Crippen LogP contribution in [0.5, 0.6) is 17.2 Å². The summed E-state index contributed by atoms with van der Waals surface area (Å²) in [7, 11) is 4.34. The molecule has 12 rings (SSSR count). The number of halogens is 2. The molecule has 3 saturated heterocycles. The van der Waals surface area contributed by atoms with Crippen LogP contribution in [-0.2, 0) is 52.5 Å². The Morgan fingerprint density at radius 1 is 0.833 bits per heavy atom. The predicted molar refractivity (Wildman–Crippen MR) is 362 cm³/mol. The van der Waals surface area contributed by atoms with E-state index in [1.165, 1.54) is 70.7 Å². The number of benzene rings is 1. The fourth-order valence-electron chi connectivity index (χ4n) is 14.0. The summed E-state index contributed by atoms with van der Waals surface area (Å²) in [4.78, 5) is 88.5. The number of ether oxygens (including phenoxy) is 8. The number of likely N-dealkylation sites (N-methyl/N-ethyl adjacent to an activating group) is 1. The lowest BCUT2D eigenvalue weighted by Crippen LogP contribution is -2.64. The number of carbonyl (C=O) groups excluding carboxylic acids is 6. The zero-order valence-corrected chi connectivity index (χ0v) is 58.5. The van der Waals surface area contributed by atoms with E-state index in [4.69, 9.17) is 72.6 Å². The third-order valence-electron chi connectivity index (χ3n) is 19.6. The lowest BCUT2D eigenvalue weighted by atomic mass is 9.75. The van der Waals surface area contributed by atoms with E-state index in [9.17, 15) is 60.6 Å². The summed E-state index contributed by atoms with van der Waals surface area (Å²) >= 11 is 14.5. The quantitative estimate of drug-likeness (QED) is 0.0916. The third-order valence-corrected chi connectivity index (χ3v) is 20.3. The highest BCUT2D eigenvalue weighted by Gasteiger charge is 2.52. The molecule has 1 aromatic carbocycles. The molecule has 0 saturated carbocycles. The number of amidine groups is 1. The molecule has 11 aliphatic rings. The first-order valence-corrected chi connectivity index (χ1v) is 34.3. The standard InChI is InChI=1S/C68H90Cl2N10O22/c1-26(2)14-37(74-5)62(90)79-52-54(85)29-9-12-41(35(69)16-29)98-44-18-31-19-45(58(44)102-67-59(57(88)56(87)46(25-82)100-67)101-48-23-68(4,73)60(89)27(3)97-48)99-42-13-10-30(17-36(42)70)55(86)53-66(94)76-39(24-81)33-20-32(95-6)21-43(96-7)49(33)34-15-28(8-11-40(34)83)51(64(92)80-53)77-61(72)50(31)78-63(91)38(22-47(71)84)75-65(52)93/h8,10-11,13,16,18-20,26-27,32,34,36-39,46,48,50-57,59-60,67,74,81-83,85-89H,9,12,14-15,17,21-25,73H2,1-7H3,(H2,71,84)(H2,72,77)(H,75,93)(H,76,94)(H,78,91)(H,79,90)(H,80,92)/t27?,32?,34?,36?,37-,38?,39-,46?,48+,50-,51-,52-,53+,54-,55-,56?,57+,59?,60-,67-,68?/m1/s1. The van der Waals surface area contributed by atoms with E-state index >= 15 is 14.4 Å². The molecule has 32 nitrogen and oxygen atoms in total. The minimum absolute atomic E-state index is 0.0502. The maximum absolute atomic E-state index is 15.6. The monoisotopic (exact) mass is 1470 g/mol. The van der Waals surface area contributed by atoms with Gasteiger partial charge < -0.3 is 127 Å². The average Bonchev–Trinajstić information content (AvgIpc) is 0.769. The van der Waals surface area contributed by atoms with Crippen LogP contribution in [0.1, 0.15) is 90.7 Å². The first kappa shape index (κ1) is 77.1. The average molecular weight is 1470 g/mol. The van der Waals surface area contributed by atoms with Gasteiger partial charge in [-0.1, -0.05) is 37.6 Å². The maximum Gasteiger partial charge on any atom is 0.247 e. The van der Waals surface area contributed by atoms with Crippen LogP contribution < -0.4 is 62.9 Å². The number of allylic oxidation sites excluding steroid dienone is 9. The number of aliphatic hydroxyl groups excluding tert-OH is 8. The summed E-state index contributed by atoms with van der Waals surface area (Å²) in [6, 6.07) is -9.43. The number of alkyl halides is 1. The van der Waals surface area contributed by atoms with Gasteiger partial charge in [-0.3, -0.25) is 34.2 Å². The van der Waals surface area contributed by atoms with E-state index in [1.807, 2.05) is 13.8 Å². The van der Waals surface area contributed by atoms with Crippen molar-refractivity contribution in [2.75, 3.05) is 34.5 Å². The van der Waals surface area contributed by atoms with Gasteiger partial charge in [-0.05, 0) is 117 Å². The number of hydrogen-bond donors (Lipinski definition) is 18. The lowest BCUT2D eigenvalue weighted by Gasteiger charge is -2.47. The number of rotatable bonds is 15. The number of aliphatic hydroxyl groups is 8. The van der Waals surface area contributed by atoms with Crippen molar-refractivity contribution in [3.05, 3.63) is 110 Å². The first-order chi connectivity index (χ1) is 48.4. The van der Waals surface area contributed by atoms with Crippen molar-refractivity contribution in [3.8, 4) is 17.2 Å². The van der Waals surface area contributed by atoms with Crippen molar-refractivity contribution in [2.24, 2.45) is 23.3 Å². The largest absolute Gasteiger partial charge is 0.512 e. The van der Waals surface area contributed by atoms with Gasteiger partial charge in [0.05, 0.1) is 67.5 Å². The Bertz CT molecular complexity index is 3710. The number of amides is 6. The Balaban J connectivity index is 1.22. The molecule has 21 atom stereocenters. The summed E-state index contributed by atoms with van der Waals surface area (Å²) in [5, 5.41) is 121. The van der Waals surface area contributed by atoms with Gasteiger partial charge in [0.2, 0.25) is 47.5 Å². The summed E-state index contributed by atoms with van der Waals surface area (Å²) in [5.74, 6) is -9.94. The highest BCUT2D eigenvalue weighted by Crippen LogP contribution is 2.48. The highest BCUT2D eigenvalue weighted by atomic mass is 35.5. The Morgan fingerprint density at radius 3 is 2.18 bits per heavy atom. The van der Waals surface area contributed by atoms with Gasteiger partial charge in [-0.15, -0.1) is 11.6 Å². The second-order valence-electron chi connectivity index (χ2n) is 27.3. The highest BCUT2D eigenvalue weighted by molar-refractivity contribution is 6.31. The number of nitrogens with one attached hydrogen (secondary N) is 8. The van der Waals surface area contributed by atoms with E-state index in [-0.39, 0.29) is 107 Å². The summed E-state index contributed by atoms with van der Waals surface area (Å²) in [6.07, 6.45) is -10.5. The number of nitrogens with two attached hydrogens (primary N) is 2. The second kappa shape index (κ2) is 32.2. The van der Waals surface area contributed by atoms with Crippen LogP contribution in [0.25, 0.3) is 0 Å². The number of fused-ring (bicyclic) bond motifs is 15. The summed E-state index contributed by atoms with van der Waals surface area (Å²) in [5.41, 5.74) is 11.6. The molecule has 0 aromatic heterocycles. The molecule has 7 heterocycles. The van der Waals surface area contributed by atoms with Gasteiger partial charge in [0, 0.05) is 43.4 Å². The van der Waals surface area contributed by atoms with Crippen LogP contribution in [-0.4, -0.2) is 231 Å². The van der Waals surface area contributed by atoms with E-state index in [2.05, 4.69) is 37.2 Å². The molecule has 6 amide bonds. The first-order valence-electron chi connectivity index (χ1n) is 33.5. The zero-order chi connectivity index (χ0) is 74.1. The Labute approximate surface area is 597 Å². The molecule has 4 aliphatic carbocycles. The van der Waals surface area contributed by atoms with Crippen LogP contribution in [0, 0.1) is 17.2 Å². The zero-order valence-electron chi connectivity index (χ0n) is 57.0. The molecule has 558 valence electrons. The van der Waals surface area contributed by atoms with Gasteiger partial charge in [0.15, 0.2) is 23.9 Å². The maximum atomic E-state index is 15.6. The van der Waals surface area contributed by atoms with Crippen LogP contribution in [0.4, 0.5) is 0 Å². The van der Waals surface area contributed by atoms with Crippen molar-refractivity contribution >= 4 is 64.5 Å². The van der Waals surface area contributed by atoms with Gasteiger partial charge >= 0.3 is 0 Å². The fraction of sp³-hybridized carbons (Fsp3) is 0.574. The fourth-order valence-corrected chi connectivity index (χ4v) is 14.6. The minimum Gasteiger partial charge on any atom is -0.512 e. The summed E-state index contributed by atoms with van der Waals surface area (Å²) in [6.45, 7) is 5.14. The Morgan fingerprint density at radius 2 is 1.54 bits per heavy atom. The Hall–Kier alpha value is -7.51. The number of hydrogen-bond acceptors (Lipinski definition) is 25. The molecule has 34 heteroatoms. The van der Waals surface area contributed by atoms with Crippen molar-refractivity contribution in [2.45, 2.75) is 200 Å². The number of carbonyl (C=O) groups is 6. The van der Waals surface area contributed by atoms with Gasteiger partial charge in [-0.25, -0.2) is 0 Å². The van der Waals surface area contributed by atoms with Crippen molar-refractivity contribution < 1.29 is 108 Å². The lowest BCUT2D eigenvalue weighted by molar-refractivity contribution is -0.333. The van der Waals surface area contributed by atoms with Gasteiger partial charge in [0.1, 0.15) is 89.6 Å². The van der Waals surface area contributed by atoms with E-state index < -0.39 is 205 Å². The second-order valence-corrected chi connectivity index (χ2v) is 28.3. The normalized spacial score (nSPS) is 35.0. The molecular formula is C68H90Cl2N10O22. The molecule has 0 radical (unpaired) electrons. The number of methoxy groups -OCH3 is 2. The number of primary amides is 1. The van der Waals surface area contributed by atoms with E-state index in [0.29, 0.717) is 5.57 Å².